The van der Waals surface area contributed by atoms with Crippen LogP contribution < -0.4 is 0 Å². The number of benzene rings is 1. The van der Waals surface area contributed by atoms with Crippen molar-refractivity contribution in [3.63, 3.8) is 0 Å². The van der Waals surface area contributed by atoms with Gasteiger partial charge in [-0.3, -0.25) is 4.21 Å². The maximum atomic E-state index is 10.6. The summed E-state index contributed by atoms with van der Waals surface area (Å²) in [5.74, 6) is 0. The molecule has 1 atom stereocenters. The highest BCUT2D eigenvalue weighted by atomic mass is 32.2. The molecule has 0 saturated carbocycles. The average Bonchev–Trinajstić information content (AvgIpc) is 2.21. The summed E-state index contributed by atoms with van der Waals surface area (Å²) in [7, 11) is 0. The van der Waals surface area contributed by atoms with Gasteiger partial charge in [-0.2, -0.15) is 4.99 Å². The number of isocyanates is 1. The summed E-state index contributed by atoms with van der Waals surface area (Å²) < 4.78 is 21.2. The van der Waals surface area contributed by atoms with Crippen molar-refractivity contribution in [1.29, 1.82) is 0 Å². The molecular weight excluding hydrogens is 220 g/mol. The summed E-state index contributed by atoms with van der Waals surface area (Å²) in [6.45, 7) is 0. The van der Waals surface area contributed by atoms with Crippen molar-refractivity contribution in [3.8, 4) is 0 Å². The Balaban J connectivity index is 3.38. The standard InChI is InChI=1S/C7H4N4O3S/c8-11-10-7-3-5(15(13)14)1-2-6(7)9-4-12/h1-3H,(H,13,14)/p-1. The highest BCUT2D eigenvalue weighted by Crippen LogP contribution is 2.29. The van der Waals surface area contributed by atoms with Gasteiger partial charge < -0.3 is 4.55 Å². The van der Waals surface area contributed by atoms with Gasteiger partial charge in [0.2, 0.25) is 6.08 Å². The molecule has 0 spiro atoms. The second-order valence-electron chi connectivity index (χ2n) is 2.28. The molecule has 15 heavy (non-hydrogen) atoms. The zero-order valence-electron chi connectivity index (χ0n) is 7.15. The highest BCUT2D eigenvalue weighted by Gasteiger charge is 2.01. The van der Waals surface area contributed by atoms with Crippen molar-refractivity contribution < 1.29 is 13.6 Å². The Bertz CT molecular complexity index is 503. The fourth-order valence-electron chi connectivity index (χ4n) is 0.879. The Morgan fingerprint density at radius 3 is 2.73 bits per heavy atom. The lowest BCUT2D eigenvalue weighted by molar-refractivity contribution is 0.537. The normalized spacial score (nSPS) is 11.0. The number of nitrogens with zero attached hydrogens (tertiary/aromatic N) is 4. The van der Waals surface area contributed by atoms with E-state index in [1.165, 1.54) is 18.2 Å². The number of hydrogen-bond donors (Lipinski definition) is 0. The van der Waals surface area contributed by atoms with E-state index in [0.29, 0.717) is 0 Å². The minimum Gasteiger partial charge on any atom is -0.768 e. The van der Waals surface area contributed by atoms with Gasteiger partial charge in [0.25, 0.3) is 0 Å². The molecule has 1 unspecified atom stereocenters. The first-order valence-electron chi connectivity index (χ1n) is 3.55. The Hall–Kier alpha value is -1.98. The lowest BCUT2D eigenvalue weighted by Gasteiger charge is -2.06. The third-order valence-corrected chi connectivity index (χ3v) is 2.10. The second kappa shape index (κ2) is 5.04. The molecule has 0 aliphatic heterocycles. The number of hydrogen-bond acceptors (Lipinski definition) is 5. The van der Waals surface area contributed by atoms with Crippen LogP contribution in [-0.4, -0.2) is 14.8 Å². The molecule has 0 aliphatic rings. The predicted molar refractivity (Wildman–Crippen MR) is 50.2 cm³/mol. The van der Waals surface area contributed by atoms with E-state index in [2.05, 4.69) is 15.0 Å². The summed E-state index contributed by atoms with van der Waals surface area (Å²) in [5, 5.41) is 3.20. The van der Waals surface area contributed by atoms with Gasteiger partial charge in [0.05, 0.1) is 11.4 Å². The maximum absolute atomic E-state index is 10.6. The lowest BCUT2D eigenvalue weighted by atomic mass is 10.3. The predicted octanol–water partition coefficient (Wildman–Crippen LogP) is 1.83. The first-order valence-corrected chi connectivity index (χ1v) is 4.63. The fourth-order valence-corrected chi connectivity index (χ4v) is 1.27. The van der Waals surface area contributed by atoms with Gasteiger partial charge in [-0.05, 0) is 34.8 Å². The summed E-state index contributed by atoms with van der Waals surface area (Å²) >= 11 is -2.43. The molecule has 0 saturated heterocycles. The highest BCUT2D eigenvalue weighted by molar-refractivity contribution is 7.79. The Kier molecular flexibility index (Phi) is 3.73. The van der Waals surface area contributed by atoms with Gasteiger partial charge in [-0.15, -0.1) is 0 Å². The van der Waals surface area contributed by atoms with Crippen LogP contribution in [0, 0.1) is 0 Å². The zero-order valence-corrected chi connectivity index (χ0v) is 7.97. The molecule has 0 aliphatic carbocycles. The van der Waals surface area contributed by atoms with E-state index < -0.39 is 11.1 Å². The maximum Gasteiger partial charge on any atom is 0.240 e. The van der Waals surface area contributed by atoms with E-state index in [1.54, 1.807) is 0 Å². The molecule has 0 fully saturated rings. The van der Waals surface area contributed by atoms with Crippen molar-refractivity contribution >= 4 is 28.5 Å². The first-order chi connectivity index (χ1) is 7.19. The third kappa shape index (κ3) is 2.73. The quantitative estimate of drug-likeness (QED) is 0.194. The van der Waals surface area contributed by atoms with E-state index in [0.717, 1.165) is 6.07 Å². The van der Waals surface area contributed by atoms with Crippen LogP contribution in [0.1, 0.15) is 0 Å². The topological polar surface area (TPSA) is 118 Å². The third-order valence-electron chi connectivity index (χ3n) is 1.46. The SMILES string of the molecule is [N-]=[N+]=Nc1cc(S(=O)[O-])ccc1N=C=O. The molecule has 0 amide bonds. The molecule has 8 heteroatoms. The van der Waals surface area contributed by atoms with Gasteiger partial charge in [-0.1, -0.05) is 5.11 Å². The van der Waals surface area contributed by atoms with Crippen molar-refractivity contribution in [3.05, 3.63) is 28.6 Å². The number of azide groups is 1. The van der Waals surface area contributed by atoms with Crippen LogP contribution in [0.25, 0.3) is 10.4 Å². The summed E-state index contributed by atoms with van der Waals surface area (Å²) in [6, 6.07) is 3.59. The van der Waals surface area contributed by atoms with E-state index in [1.807, 2.05) is 0 Å². The van der Waals surface area contributed by atoms with Gasteiger partial charge in [0, 0.05) is 9.81 Å². The van der Waals surface area contributed by atoms with Crippen LogP contribution in [-0.2, 0) is 15.9 Å². The summed E-state index contributed by atoms with van der Waals surface area (Å²) in [6.07, 6.45) is 1.27. The van der Waals surface area contributed by atoms with Crippen molar-refractivity contribution in [2.45, 2.75) is 4.90 Å². The van der Waals surface area contributed by atoms with Gasteiger partial charge in [-0.25, -0.2) is 4.79 Å². The molecule has 0 N–H and O–H groups in total. The monoisotopic (exact) mass is 223 g/mol. The van der Waals surface area contributed by atoms with Gasteiger partial charge >= 0.3 is 0 Å². The molecular formula is C7H3N4O3S-. The number of rotatable bonds is 3. The summed E-state index contributed by atoms with van der Waals surface area (Å²) in [5.41, 5.74) is 8.23. The minimum absolute atomic E-state index is 0.0393. The zero-order chi connectivity index (χ0) is 11.3. The number of aliphatic imine (C=N–C) groups is 1. The smallest absolute Gasteiger partial charge is 0.240 e. The molecule has 1 aromatic carbocycles. The van der Waals surface area contributed by atoms with Crippen LogP contribution >= 0.6 is 0 Å². The largest absolute Gasteiger partial charge is 0.768 e. The van der Waals surface area contributed by atoms with E-state index >= 15 is 0 Å². The Morgan fingerprint density at radius 1 is 1.47 bits per heavy atom. The van der Waals surface area contributed by atoms with Crippen LogP contribution in [0.4, 0.5) is 11.4 Å². The van der Waals surface area contributed by atoms with Crippen LogP contribution in [0.2, 0.25) is 0 Å². The minimum atomic E-state index is -2.43. The van der Waals surface area contributed by atoms with Gasteiger partial charge in [0.1, 0.15) is 0 Å². The molecule has 0 aromatic heterocycles. The molecule has 0 bridgehead atoms. The van der Waals surface area contributed by atoms with E-state index in [-0.39, 0.29) is 16.3 Å². The molecule has 0 radical (unpaired) electrons. The van der Waals surface area contributed by atoms with Crippen molar-refractivity contribution in [1.82, 2.24) is 0 Å². The van der Waals surface area contributed by atoms with Crippen molar-refractivity contribution in [2.24, 2.45) is 10.1 Å². The van der Waals surface area contributed by atoms with Crippen LogP contribution in [0.3, 0.4) is 0 Å². The van der Waals surface area contributed by atoms with Crippen LogP contribution in [0.5, 0.6) is 0 Å². The Labute approximate surface area is 86.4 Å². The molecule has 7 nitrogen and oxygen atoms in total. The summed E-state index contributed by atoms with van der Waals surface area (Å²) in [4.78, 5) is 15.7. The first kappa shape index (κ1) is 11.1. The van der Waals surface area contributed by atoms with E-state index in [9.17, 15) is 13.6 Å². The second-order valence-corrected chi connectivity index (χ2v) is 3.22. The average molecular weight is 223 g/mol. The van der Waals surface area contributed by atoms with E-state index in [4.69, 9.17) is 5.53 Å². The molecule has 1 aromatic rings. The fraction of sp³-hybridized carbons (Fsp3) is 0. The molecule has 76 valence electrons. The van der Waals surface area contributed by atoms with Crippen LogP contribution in [0.15, 0.2) is 33.2 Å². The Morgan fingerprint density at radius 2 is 2.20 bits per heavy atom. The number of carbonyl (C=O) groups excluding carboxylic acids is 1. The van der Waals surface area contributed by atoms with Crippen molar-refractivity contribution in [2.75, 3.05) is 0 Å². The molecule has 1 rings (SSSR count). The lowest BCUT2D eigenvalue weighted by Crippen LogP contribution is -1.87. The molecule has 0 heterocycles. The van der Waals surface area contributed by atoms with Gasteiger partial charge in [0.15, 0.2) is 0 Å².